The van der Waals surface area contributed by atoms with Crippen molar-refractivity contribution in [2.45, 2.75) is 82.2 Å². The van der Waals surface area contributed by atoms with E-state index in [-0.39, 0.29) is 18.6 Å². The smallest absolute Gasteiger partial charge is 0.310 e. The van der Waals surface area contributed by atoms with E-state index in [2.05, 4.69) is 12.2 Å². The fourth-order valence-corrected chi connectivity index (χ4v) is 4.60. The highest BCUT2D eigenvalue weighted by atomic mass is 16.6. The van der Waals surface area contributed by atoms with Crippen molar-refractivity contribution in [3.63, 3.8) is 0 Å². The van der Waals surface area contributed by atoms with Crippen LogP contribution in [-0.4, -0.2) is 46.6 Å². The Kier molecular flexibility index (Phi) is 4.65. The van der Waals surface area contributed by atoms with E-state index < -0.39 is 17.4 Å². The Hall–Kier alpha value is -1.66. The van der Waals surface area contributed by atoms with Crippen LogP contribution in [0.3, 0.4) is 0 Å². The van der Waals surface area contributed by atoms with E-state index in [1.165, 1.54) is 0 Å². The van der Waals surface area contributed by atoms with Gasteiger partial charge in [0.2, 0.25) is 0 Å². The SMILES string of the molecule is O=C(O)CCCC(CC1=CC2OC2CC1)(CC1=CC2OC2CC1)C(=O)O. The Morgan fingerprint density at radius 1 is 1.00 bits per heavy atom. The van der Waals surface area contributed by atoms with Gasteiger partial charge < -0.3 is 19.7 Å². The van der Waals surface area contributed by atoms with Crippen molar-refractivity contribution in [1.29, 1.82) is 0 Å². The van der Waals surface area contributed by atoms with E-state index >= 15 is 0 Å². The van der Waals surface area contributed by atoms with Crippen molar-refractivity contribution in [3.05, 3.63) is 23.3 Å². The molecular weight excluding hydrogens is 336 g/mol. The Morgan fingerprint density at radius 2 is 1.54 bits per heavy atom. The predicted molar refractivity (Wildman–Crippen MR) is 92.7 cm³/mol. The lowest BCUT2D eigenvalue weighted by Crippen LogP contribution is -2.33. The molecule has 6 heteroatoms. The van der Waals surface area contributed by atoms with Crippen LogP contribution < -0.4 is 0 Å². The monoisotopic (exact) mass is 362 g/mol. The van der Waals surface area contributed by atoms with Crippen LogP contribution in [0.4, 0.5) is 0 Å². The summed E-state index contributed by atoms with van der Waals surface area (Å²) < 4.78 is 11.1. The van der Waals surface area contributed by atoms with Crippen LogP contribution in [0.1, 0.15) is 57.8 Å². The van der Waals surface area contributed by atoms with Crippen molar-refractivity contribution in [2.75, 3.05) is 0 Å². The van der Waals surface area contributed by atoms with Gasteiger partial charge in [-0.15, -0.1) is 0 Å². The van der Waals surface area contributed by atoms with Crippen LogP contribution in [0.15, 0.2) is 23.3 Å². The molecule has 2 heterocycles. The summed E-state index contributed by atoms with van der Waals surface area (Å²) in [6.45, 7) is 0. The zero-order valence-corrected chi connectivity index (χ0v) is 14.9. The topological polar surface area (TPSA) is 99.7 Å². The molecule has 0 radical (unpaired) electrons. The Balaban J connectivity index is 1.52. The Morgan fingerprint density at radius 3 is 1.96 bits per heavy atom. The van der Waals surface area contributed by atoms with Crippen LogP contribution in [0.2, 0.25) is 0 Å². The molecular formula is C20H26O6. The maximum absolute atomic E-state index is 12.4. The number of fused-ring (bicyclic) bond motifs is 2. The molecule has 26 heavy (non-hydrogen) atoms. The van der Waals surface area contributed by atoms with Gasteiger partial charge in [0.05, 0.1) is 17.6 Å². The van der Waals surface area contributed by atoms with Crippen LogP contribution >= 0.6 is 0 Å². The summed E-state index contributed by atoms with van der Waals surface area (Å²) in [5.74, 6) is -1.69. The number of hydrogen-bond donors (Lipinski definition) is 2. The molecule has 142 valence electrons. The molecule has 2 aliphatic carbocycles. The zero-order chi connectivity index (χ0) is 18.3. The molecule has 2 fully saturated rings. The lowest BCUT2D eigenvalue weighted by molar-refractivity contribution is -0.150. The van der Waals surface area contributed by atoms with Gasteiger partial charge in [-0.3, -0.25) is 9.59 Å². The standard InChI is InChI=1S/C20H26O6/c21-18(22)2-1-7-20(19(23)24,10-12-3-5-14-16(8-12)25-14)11-13-4-6-15-17(9-13)26-15/h8-9,14-17H,1-7,10-11H2,(H,21,22)(H,23,24). The second-order valence-corrected chi connectivity index (χ2v) is 8.19. The minimum Gasteiger partial charge on any atom is -0.481 e. The lowest BCUT2D eigenvalue weighted by Gasteiger charge is -2.32. The van der Waals surface area contributed by atoms with Gasteiger partial charge in [0.15, 0.2) is 0 Å². The molecule has 0 aromatic rings. The molecule has 4 rings (SSSR count). The maximum atomic E-state index is 12.4. The third-order valence-corrected chi connectivity index (χ3v) is 6.17. The average Bonchev–Trinajstić information content (AvgIpc) is 3.48. The number of carboxylic acids is 2. The summed E-state index contributed by atoms with van der Waals surface area (Å²) in [6, 6.07) is 0. The molecule has 0 bridgehead atoms. The summed E-state index contributed by atoms with van der Waals surface area (Å²) >= 11 is 0. The van der Waals surface area contributed by atoms with Crippen LogP contribution in [-0.2, 0) is 19.1 Å². The van der Waals surface area contributed by atoms with Gasteiger partial charge >= 0.3 is 11.9 Å². The summed E-state index contributed by atoms with van der Waals surface area (Å²) in [5, 5.41) is 19.1. The van der Waals surface area contributed by atoms with Gasteiger partial charge in [0.25, 0.3) is 0 Å². The van der Waals surface area contributed by atoms with Crippen molar-refractivity contribution >= 4 is 11.9 Å². The number of hydrogen-bond acceptors (Lipinski definition) is 4. The molecule has 0 amide bonds. The number of carbonyl (C=O) groups is 2. The molecule has 2 aliphatic heterocycles. The third kappa shape index (κ3) is 3.86. The molecule has 0 spiro atoms. The third-order valence-electron chi connectivity index (χ3n) is 6.17. The summed E-state index contributed by atoms with van der Waals surface area (Å²) in [4.78, 5) is 23.3. The molecule has 2 saturated heterocycles. The minimum absolute atomic E-state index is 0.00868. The highest BCUT2D eigenvalue weighted by Gasteiger charge is 2.46. The first-order valence-corrected chi connectivity index (χ1v) is 9.60. The van der Waals surface area contributed by atoms with Gasteiger partial charge in [0.1, 0.15) is 12.2 Å². The highest BCUT2D eigenvalue weighted by molar-refractivity contribution is 5.76. The van der Waals surface area contributed by atoms with E-state index in [9.17, 15) is 14.7 Å². The molecule has 0 aromatic carbocycles. The molecule has 2 N–H and O–H groups in total. The number of epoxide rings is 2. The molecule has 4 unspecified atom stereocenters. The first-order valence-electron chi connectivity index (χ1n) is 9.60. The van der Waals surface area contributed by atoms with Gasteiger partial charge in [-0.2, -0.15) is 0 Å². The first kappa shape index (κ1) is 17.7. The minimum atomic E-state index is -0.934. The van der Waals surface area contributed by atoms with Crippen LogP contribution in [0, 0.1) is 5.41 Å². The fraction of sp³-hybridized carbons (Fsp3) is 0.700. The number of rotatable bonds is 9. The number of carboxylic acid groups (broad SMARTS) is 2. The number of ether oxygens (including phenoxy) is 2. The molecule has 4 atom stereocenters. The van der Waals surface area contributed by atoms with E-state index in [0.717, 1.165) is 36.8 Å². The van der Waals surface area contributed by atoms with Gasteiger partial charge in [-0.1, -0.05) is 23.3 Å². The van der Waals surface area contributed by atoms with Crippen molar-refractivity contribution in [3.8, 4) is 0 Å². The molecule has 0 aromatic heterocycles. The van der Waals surface area contributed by atoms with Crippen LogP contribution in [0.25, 0.3) is 0 Å². The highest BCUT2D eigenvalue weighted by Crippen LogP contribution is 2.46. The normalized spacial score (nSPS) is 33.8. The second kappa shape index (κ2) is 6.82. The lowest BCUT2D eigenvalue weighted by atomic mass is 9.70. The second-order valence-electron chi connectivity index (χ2n) is 8.19. The average molecular weight is 362 g/mol. The van der Waals surface area contributed by atoms with Crippen LogP contribution in [0.5, 0.6) is 0 Å². The van der Waals surface area contributed by atoms with Gasteiger partial charge in [-0.05, 0) is 51.4 Å². The zero-order valence-electron chi connectivity index (χ0n) is 14.9. The fourth-order valence-electron chi connectivity index (χ4n) is 4.60. The van der Waals surface area contributed by atoms with Gasteiger partial charge in [-0.25, -0.2) is 0 Å². The van der Waals surface area contributed by atoms with Crippen molar-refractivity contribution < 1.29 is 29.3 Å². The Bertz CT molecular complexity index is 625. The van der Waals surface area contributed by atoms with E-state index in [1.807, 2.05) is 0 Å². The quantitative estimate of drug-likeness (QED) is 0.483. The largest absolute Gasteiger partial charge is 0.481 e. The Labute approximate surface area is 152 Å². The van der Waals surface area contributed by atoms with E-state index in [4.69, 9.17) is 14.6 Å². The number of aliphatic carboxylic acids is 2. The summed E-state index contributed by atoms with van der Waals surface area (Å²) in [7, 11) is 0. The summed E-state index contributed by atoms with van der Waals surface area (Å²) in [5.41, 5.74) is 1.37. The van der Waals surface area contributed by atoms with Gasteiger partial charge in [0, 0.05) is 6.42 Å². The first-order chi connectivity index (χ1) is 12.4. The van der Waals surface area contributed by atoms with Crippen molar-refractivity contribution in [2.24, 2.45) is 5.41 Å². The summed E-state index contributed by atoms with van der Waals surface area (Å²) in [6.07, 6.45) is 10.6. The molecule has 6 nitrogen and oxygen atoms in total. The predicted octanol–water partition coefficient (Wildman–Crippen LogP) is 3.07. The maximum Gasteiger partial charge on any atom is 0.310 e. The number of allylic oxidation sites excluding steroid dienone is 2. The van der Waals surface area contributed by atoms with E-state index in [1.54, 1.807) is 0 Å². The van der Waals surface area contributed by atoms with E-state index in [0.29, 0.717) is 37.9 Å². The van der Waals surface area contributed by atoms with Crippen molar-refractivity contribution in [1.82, 2.24) is 0 Å². The molecule has 4 aliphatic rings. The molecule has 0 saturated carbocycles.